The van der Waals surface area contributed by atoms with Crippen molar-refractivity contribution in [2.45, 2.75) is 27.2 Å². The second-order valence-corrected chi connectivity index (χ2v) is 4.98. The summed E-state index contributed by atoms with van der Waals surface area (Å²) in [4.78, 5) is 0. The molecule has 0 unspecified atom stereocenters. The number of rotatable bonds is 6. The smallest absolute Gasteiger partial charge is 0.119 e. The summed E-state index contributed by atoms with van der Waals surface area (Å²) in [6.45, 7) is 8.26. The van der Waals surface area contributed by atoms with E-state index in [9.17, 15) is 0 Å². The summed E-state index contributed by atoms with van der Waals surface area (Å²) in [5, 5.41) is 3.19. The number of hydrogen-bond acceptors (Lipinski definition) is 2. The van der Waals surface area contributed by atoms with E-state index in [-0.39, 0.29) is 5.41 Å². The van der Waals surface area contributed by atoms with Crippen molar-refractivity contribution in [1.29, 1.82) is 0 Å². The van der Waals surface area contributed by atoms with E-state index in [0.29, 0.717) is 0 Å². The zero-order valence-electron chi connectivity index (χ0n) is 10.8. The molecule has 0 radical (unpaired) electrons. The van der Waals surface area contributed by atoms with Gasteiger partial charge in [-0.2, -0.15) is 0 Å². The second kappa shape index (κ2) is 5.90. The Bertz CT molecular complexity index is 320. The zero-order valence-corrected chi connectivity index (χ0v) is 10.8. The molecule has 0 bridgehead atoms. The van der Waals surface area contributed by atoms with Crippen molar-refractivity contribution in [3.8, 4) is 5.75 Å². The van der Waals surface area contributed by atoms with Crippen molar-refractivity contribution < 1.29 is 4.74 Å². The second-order valence-electron chi connectivity index (χ2n) is 4.98. The molecule has 0 aliphatic carbocycles. The fraction of sp³-hybridized carbons (Fsp3) is 0.571. The Hall–Kier alpha value is -1.02. The molecule has 0 aromatic heterocycles. The minimum Gasteiger partial charge on any atom is -0.493 e. The quantitative estimate of drug-likeness (QED) is 0.797. The van der Waals surface area contributed by atoms with Crippen molar-refractivity contribution in [3.05, 3.63) is 29.8 Å². The van der Waals surface area contributed by atoms with E-state index in [1.807, 2.05) is 13.1 Å². The Labute approximate surface area is 99.0 Å². The lowest BCUT2D eigenvalue weighted by Gasteiger charge is -2.24. The van der Waals surface area contributed by atoms with Gasteiger partial charge in [-0.3, -0.25) is 0 Å². The molecule has 0 aliphatic rings. The molecule has 2 nitrogen and oxygen atoms in total. The lowest BCUT2D eigenvalue weighted by molar-refractivity contribution is 0.179. The molecule has 0 atom stereocenters. The van der Waals surface area contributed by atoms with E-state index >= 15 is 0 Å². The van der Waals surface area contributed by atoms with E-state index < -0.39 is 0 Å². The van der Waals surface area contributed by atoms with Crippen molar-refractivity contribution >= 4 is 0 Å². The molecule has 0 spiro atoms. The maximum atomic E-state index is 5.83. The molecule has 0 aliphatic heterocycles. The van der Waals surface area contributed by atoms with Gasteiger partial charge in [-0.1, -0.05) is 32.9 Å². The van der Waals surface area contributed by atoms with E-state index in [0.717, 1.165) is 25.3 Å². The molecule has 0 saturated heterocycles. The zero-order chi connectivity index (χ0) is 12.0. The van der Waals surface area contributed by atoms with Gasteiger partial charge in [-0.25, -0.2) is 0 Å². The van der Waals surface area contributed by atoms with Crippen molar-refractivity contribution in [2.75, 3.05) is 20.2 Å². The SMILES string of the molecule is CCc1cccc(OCC(C)(C)CNC)c1. The largest absolute Gasteiger partial charge is 0.493 e. The van der Waals surface area contributed by atoms with E-state index in [2.05, 4.69) is 44.3 Å². The average molecular weight is 221 g/mol. The maximum Gasteiger partial charge on any atom is 0.119 e. The number of benzene rings is 1. The molecule has 16 heavy (non-hydrogen) atoms. The lowest BCUT2D eigenvalue weighted by Crippen LogP contribution is -2.32. The van der Waals surface area contributed by atoms with Crippen LogP contribution in [-0.4, -0.2) is 20.2 Å². The van der Waals surface area contributed by atoms with E-state index in [4.69, 9.17) is 4.74 Å². The Balaban J connectivity index is 2.53. The molecule has 1 aromatic rings. The number of ether oxygens (including phenoxy) is 1. The van der Waals surface area contributed by atoms with Crippen LogP contribution in [0.5, 0.6) is 5.75 Å². The molecular weight excluding hydrogens is 198 g/mol. The number of hydrogen-bond donors (Lipinski definition) is 1. The van der Waals surface area contributed by atoms with Gasteiger partial charge in [0.05, 0.1) is 6.61 Å². The third kappa shape index (κ3) is 4.23. The Morgan fingerprint density at radius 1 is 1.31 bits per heavy atom. The van der Waals surface area contributed by atoms with Gasteiger partial charge in [0.2, 0.25) is 0 Å². The van der Waals surface area contributed by atoms with Crippen molar-refractivity contribution in [2.24, 2.45) is 5.41 Å². The van der Waals surface area contributed by atoms with Crippen LogP contribution in [0.1, 0.15) is 26.3 Å². The average Bonchev–Trinajstić information content (AvgIpc) is 2.27. The van der Waals surface area contributed by atoms with Crippen LogP contribution < -0.4 is 10.1 Å². The Morgan fingerprint density at radius 3 is 2.69 bits per heavy atom. The first-order valence-electron chi connectivity index (χ1n) is 5.94. The highest BCUT2D eigenvalue weighted by molar-refractivity contribution is 5.28. The summed E-state index contributed by atoms with van der Waals surface area (Å²) >= 11 is 0. The van der Waals surface area contributed by atoms with Crippen molar-refractivity contribution in [1.82, 2.24) is 5.32 Å². The summed E-state index contributed by atoms with van der Waals surface area (Å²) in [6, 6.07) is 8.33. The third-order valence-electron chi connectivity index (χ3n) is 2.59. The Morgan fingerprint density at radius 2 is 2.06 bits per heavy atom. The highest BCUT2D eigenvalue weighted by Crippen LogP contribution is 2.19. The first-order chi connectivity index (χ1) is 7.57. The van der Waals surface area contributed by atoms with Crippen LogP contribution in [0.15, 0.2) is 24.3 Å². The molecule has 1 aromatic carbocycles. The van der Waals surface area contributed by atoms with E-state index in [1.54, 1.807) is 0 Å². The fourth-order valence-electron chi connectivity index (χ4n) is 1.66. The molecule has 2 heteroatoms. The minimum atomic E-state index is 0.164. The molecule has 90 valence electrons. The first kappa shape index (κ1) is 13.0. The predicted octanol–water partition coefficient (Wildman–Crippen LogP) is 2.87. The molecule has 0 saturated carbocycles. The monoisotopic (exact) mass is 221 g/mol. The normalized spacial score (nSPS) is 11.5. The van der Waals surface area contributed by atoms with Crippen LogP contribution >= 0.6 is 0 Å². The number of aryl methyl sites for hydroxylation is 1. The molecular formula is C14H23NO. The van der Waals surface area contributed by atoms with Crippen LogP contribution in [0.3, 0.4) is 0 Å². The van der Waals surface area contributed by atoms with Gasteiger partial charge < -0.3 is 10.1 Å². The summed E-state index contributed by atoms with van der Waals surface area (Å²) in [5.41, 5.74) is 1.49. The van der Waals surface area contributed by atoms with Crippen LogP contribution in [0.4, 0.5) is 0 Å². The summed E-state index contributed by atoms with van der Waals surface area (Å²) in [5.74, 6) is 0.975. The van der Waals surface area contributed by atoms with Gasteiger partial charge in [-0.05, 0) is 31.2 Å². The van der Waals surface area contributed by atoms with Crippen LogP contribution in [0, 0.1) is 5.41 Å². The third-order valence-corrected chi connectivity index (χ3v) is 2.59. The molecule has 0 fully saturated rings. The molecule has 1 rings (SSSR count). The van der Waals surface area contributed by atoms with Gasteiger partial charge in [-0.15, -0.1) is 0 Å². The first-order valence-corrected chi connectivity index (χ1v) is 5.94. The van der Waals surface area contributed by atoms with Gasteiger partial charge in [0.25, 0.3) is 0 Å². The maximum absolute atomic E-state index is 5.83. The number of nitrogens with one attached hydrogen (secondary N) is 1. The molecule has 0 amide bonds. The predicted molar refractivity (Wildman–Crippen MR) is 69.0 cm³/mol. The van der Waals surface area contributed by atoms with Gasteiger partial charge in [0.1, 0.15) is 5.75 Å². The van der Waals surface area contributed by atoms with Gasteiger partial charge in [0.15, 0.2) is 0 Å². The highest BCUT2D eigenvalue weighted by atomic mass is 16.5. The topological polar surface area (TPSA) is 21.3 Å². The fourth-order valence-corrected chi connectivity index (χ4v) is 1.66. The van der Waals surface area contributed by atoms with Crippen LogP contribution in [-0.2, 0) is 6.42 Å². The summed E-state index contributed by atoms with van der Waals surface area (Å²) < 4.78 is 5.83. The molecule has 0 heterocycles. The van der Waals surface area contributed by atoms with Crippen molar-refractivity contribution in [3.63, 3.8) is 0 Å². The highest BCUT2D eigenvalue weighted by Gasteiger charge is 2.17. The minimum absolute atomic E-state index is 0.164. The van der Waals surface area contributed by atoms with Crippen LogP contribution in [0.25, 0.3) is 0 Å². The van der Waals surface area contributed by atoms with E-state index in [1.165, 1.54) is 5.56 Å². The summed E-state index contributed by atoms with van der Waals surface area (Å²) in [7, 11) is 1.97. The Kier molecular flexibility index (Phi) is 4.81. The lowest BCUT2D eigenvalue weighted by atomic mass is 9.95. The van der Waals surface area contributed by atoms with Gasteiger partial charge >= 0.3 is 0 Å². The van der Waals surface area contributed by atoms with Gasteiger partial charge in [0, 0.05) is 12.0 Å². The summed E-state index contributed by atoms with van der Waals surface area (Å²) in [6.07, 6.45) is 1.05. The molecule has 1 N–H and O–H groups in total. The van der Waals surface area contributed by atoms with Crippen LogP contribution in [0.2, 0.25) is 0 Å². The standard InChI is InChI=1S/C14H23NO/c1-5-12-7-6-8-13(9-12)16-11-14(2,3)10-15-4/h6-9,15H,5,10-11H2,1-4H3.